The third-order valence-corrected chi connectivity index (χ3v) is 3.17. The molecule has 1 saturated heterocycles. The second-order valence-electron chi connectivity index (χ2n) is 4.67. The molecule has 1 aliphatic rings. The number of carbonyl (C=O) groups is 3. The van der Waals surface area contributed by atoms with Gasteiger partial charge in [-0.3, -0.25) is 25.5 Å². The van der Waals surface area contributed by atoms with E-state index in [1.54, 1.807) is 6.20 Å². The van der Waals surface area contributed by atoms with E-state index in [0.717, 1.165) is 16.8 Å². The van der Waals surface area contributed by atoms with Gasteiger partial charge in [0.1, 0.15) is 5.69 Å². The van der Waals surface area contributed by atoms with Crippen LogP contribution >= 0.6 is 0 Å². The van der Waals surface area contributed by atoms with Crippen LogP contribution in [0.1, 0.15) is 5.56 Å². The highest BCUT2D eigenvalue weighted by Crippen LogP contribution is 2.15. The lowest BCUT2D eigenvalue weighted by Crippen LogP contribution is -2.63. The molecule has 112 valence electrons. The predicted molar refractivity (Wildman–Crippen MR) is 74.1 cm³/mol. The molecule has 0 saturated carbocycles. The number of amides is 4. The van der Waals surface area contributed by atoms with E-state index in [2.05, 4.69) is 20.7 Å². The molecule has 2 aromatic rings. The molecule has 9 nitrogen and oxygen atoms in total. The largest absolute Gasteiger partial charge is 0.328 e. The molecule has 22 heavy (non-hydrogen) atoms. The first kappa shape index (κ1) is 13.9. The summed E-state index contributed by atoms with van der Waals surface area (Å²) in [4.78, 5) is 34.1. The van der Waals surface area contributed by atoms with Crippen LogP contribution in [0.4, 0.5) is 4.79 Å². The van der Waals surface area contributed by atoms with E-state index in [1.807, 2.05) is 34.9 Å². The Morgan fingerprint density at radius 3 is 2.32 bits per heavy atom. The highest BCUT2D eigenvalue weighted by molar-refractivity contribution is 6.18. The van der Waals surface area contributed by atoms with E-state index in [4.69, 9.17) is 0 Å². The summed E-state index contributed by atoms with van der Waals surface area (Å²) in [5.41, 5.74) is 2.50. The molecule has 0 unspecified atom stereocenters. The van der Waals surface area contributed by atoms with Gasteiger partial charge in [0.15, 0.2) is 6.04 Å². The van der Waals surface area contributed by atoms with Crippen LogP contribution in [-0.2, 0) is 16.1 Å². The van der Waals surface area contributed by atoms with Gasteiger partial charge < -0.3 is 0 Å². The zero-order valence-electron chi connectivity index (χ0n) is 11.3. The number of benzene rings is 1. The first-order valence-corrected chi connectivity index (χ1v) is 6.47. The number of nitrogens with one attached hydrogen (secondary N) is 4. The van der Waals surface area contributed by atoms with Crippen molar-refractivity contribution in [3.05, 3.63) is 36.0 Å². The van der Waals surface area contributed by atoms with Crippen molar-refractivity contribution in [2.45, 2.75) is 12.6 Å². The number of aromatic amines is 1. The first-order valence-electron chi connectivity index (χ1n) is 6.47. The quantitative estimate of drug-likeness (QED) is 0.552. The van der Waals surface area contributed by atoms with Crippen molar-refractivity contribution >= 4 is 17.8 Å². The number of hydrogen-bond donors (Lipinski definition) is 4. The molecule has 1 aromatic heterocycles. The maximum absolute atomic E-state index is 11.6. The van der Waals surface area contributed by atoms with Crippen LogP contribution in [0.2, 0.25) is 0 Å². The van der Waals surface area contributed by atoms with Crippen LogP contribution in [-0.4, -0.2) is 39.3 Å². The monoisotopic (exact) mass is 300 g/mol. The van der Waals surface area contributed by atoms with Gasteiger partial charge in [0, 0.05) is 12.1 Å². The Morgan fingerprint density at radius 2 is 1.73 bits per heavy atom. The van der Waals surface area contributed by atoms with Crippen molar-refractivity contribution in [1.82, 2.24) is 31.4 Å². The summed E-state index contributed by atoms with van der Waals surface area (Å²) in [6, 6.07) is 5.53. The average Bonchev–Trinajstić information content (AvgIpc) is 3.01. The minimum absolute atomic E-state index is 0.304. The van der Waals surface area contributed by atoms with E-state index < -0.39 is 23.9 Å². The Bertz CT molecular complexity index is 690. The summed E-state index contributed by atoms with van der Waals surface area (Å²) in [6.07, 6.45) is 1.61. The van der Waals surface area contributed by atoms with Crippen LogP contribution in [0.15, 0.2) is 30.5 Å². The predicted octanol–water partition coefficient (Wildman–Crippen LogP) is -0.704. The van der Waals surface area contributed by atoms with Gasteiger partial charge in [0.25, 0.3) is 11.8 Å². The second kappa shape index (κ2) is 5.74. The summed E-state index contributed by atoms with van der Waals surface area (Å²) in [7, 11) is 0. The lowest BCUT2D eigenvalue weighted by Gasteiger charge is -2.21. The second-order valence-corrected chi connectivity index (χ2v) is 4.67. The number of hydrogen-bond acceptors (Lipinski definition) is 6. The zero-order valence-corrected chi connectivity index (χ0v) is 11.3. The lowest BCUT2D eigenvalue weighted by molar-refractivity contribution is -0.133. The number of nitrogens with zero attached hydrogens (tertiary/aromatic N) is 2. The molecule has 0 radical (unpaired) electrons. The standard InChI is InChI=1S/C13H12N6O3/c20-11-10(12(21)17-13(22)16-11)14-5-7-1-3-8(4-2-7)9-6-15-19-18-9/h1-4,6,10,14H,5H2,(H,15,18,19)(H2,16,17,20,21,22). The highest BCUT2D eigenvalue weighted by atomic mass is 16.2. The maximum Gasteiger partial charge on any atom is 0.328 e. The van der Waals surface area contributed by atoms with Crippen molar-refractivity contribution in [1.29, 1.82) is 0 Å². The van der Waals surface area contributed by atoms with Crippen molar-refractivity contribution in [3.8, 4) is 11.3 Å². The van der Waals surface area contributed by atoms with E-state index in [-0.39, 0.29) is 0 Å². The van der Waals surface area contributed by atoms with Gasteiger partial charge in [0.2, 0.25) is 0 Å². The van der Waals surface area contributed by atoms with Crippen LogP contribution < -0.4 is 16.0 Å². The Balaban J connectivity index is 1.63. The number of aromatic nitrogens is 3. The van der Waals surface area contributed by atoms with Crippen molar-refractivity contribution in [3.63, 3.8) is 0 Å². The number of imide groups is 2. The van der Waals surface area contributed by atoms with Crippen molar-refractivity contribution < 1.29 is 14.4 Å². The molecule has 4 amide bonds. The van der Waals surface area contributed by atoms with Gasteiger partial charge in [-0.05, 0) is 5.56 Å². The molecule has 1 aromatic carbocycles. The van der Waals surface area contributed by atoms with Gasteiger partial charge in [-0.2, -0.15) is 15.4 Å². The van der Waals surface area contributed by atoms with Crippen molar-refractivity contribution in [2.24, 2.45) is 0 Å². The topological polar surface area (TPSA) is 129 Å². The van der Waals surface area contributed by atoms with Gasteiger partial charge in [-0.1, -0.05) is 24.3 Å². The lowest BCUT2D eigenvalue weighted by atomic mass is 10.1. The zero-order chi connectivity index (χ0) is 15.5. The molecule has 0 bridgehead atoms. The number of barbiturate groups is 1. The van der Waals surface area contributed by atoms with Gasteiger partial charge in [-0.25, -0.2) is 4.79 Å². The number of carbonyl (C=O) groups excluding carboxylic acids is 3. The van der Waals surface area contributed by atoms with Gasteiger partial charge in [-0.15, -0.1) is 0 Å². The molecule has 9 heteroatoms. The number of H-pyrrole nitrogens is 1. The Labute approximate surface area is 124 Å². The minimum Gasteiger partial charge on any atom is -0.294 e. The van der Waals surface area contributed by atoms with Gasteiger partial charge >= 0.3 is 6.03 Å². The minimum atomic E-state index is -1.09. The van der Waals surface area contributed by atoms with E-state index >= 15 is 0 Å². The van der Waals surface area contributed by atoms with E-state index in [1.165, 1.54) is 0 Å². The highest BCUT2D eigenvalue weighted by Gasteiger charge is 2.33. The van der Waals surface area contributed by atoms with Gasteiger partial charge in [0.05, 0.1) is 6.20 Å². The molecule has 1 fully saturated rings. The Morgan fingerprint density at radius 1 is 1.05 bits per heavy atom. The average molecular weight is 300 g/mol. The van der Waals surface area contributed by atoms with Crippen LogP contribution in [0.25, 0.3) is 11.3 Å². The van der Waals surface area contributed by atoms with E-state index in [9.17, 15) is 14.4 Å². The number of urea groups is 1. The molecule has 0 atom stereocenters. The summed E-state index contributed by atoms with van der Waals surface area (Å²) in [6.45, 7) is 0.304. The summed E-state index contributed by atoms with van der Waals surface area (Å²) in [5, 5.41) is 17.1. The molecule has 0 aliphatic carbocycles. The fraction of sp³-hybridized carbons (Fsp3) is 0.154. The van der Waals surface area contributed by atoms with Crippen LogP contribution in [0.3, 0.4) is 0 Å². The Kier molecular flexibility index (Phi) is 3.62. The molecule has 4 N–H and O–H groups in total. The molecular weight excluding hydrogens is 288 g/mol. The molecular formula is C13H12N6O3. The molecule has 2 heterocycles. The molecule has 3 rings (SSSR count). The van der Waals surface area contributed by atoms with Crippen LogP contribution in [0.5, 0.6) is 0 Å². The maximum atomic E-state index is 11.6. The number of rotatable bonds is 4. The molecule has 0 spiro atoms. The van der Waals surface area contributed by atoms with Crippen LogP contribution in [0, 0.1) is 0 Å². The van der Waals surface area contributed by atoms with Crippen molar-refractivity contribution in [2.75, 3.05) is 0 Å². The first-order chi connectivity index (χ1) is 10.6. The fourth-order valence-corrected chi connectivity index (χ4v) is 2.06. The summed E-state index contributed by atoms with van der Waals surface area (Å²) < 4.78 is 0. The van der Waals surface area contributed by atoms with E-state index in [0.29, 0.717) is 6.54 Å². The normalized spacial score (nSPS) is 15.5. The fourth-order valence-electron chi connectivity index (χ4n) is 2.06. The SMILES string of the molecule is O=C1NC(=O)C(NCc2ccc(-c3cn[nH]n3)cc2)C(=O)N1. The Hall–Kier alpha value is -3.07. The smallest absolute Gasteiger partial charge is 0.294 e. The third-order valence-electron chi connectivity index (χ3n) is 3.17. The summed E-state index contributed by atoms with van der Waals surface area (Å²) in [5.74, 6) is -1.32. The summed E-state index contributed by atoms with van der Waals surface area (Å²) >= 11 is 0. The molecule has 1 aliphatic heterocycles. The third kappa shape index (κ3) is 2.83.